The SMILES string of the molecule is CC(C)C(NC(=O)c1cncc(Br)c1)c1cccs1. The van der Waals surface area contributed by atoms with Crippen LogP contribution in [0.2, 0.25) is 0 Å². The molecule has 2 rings (SSSR count). The minimum atomic E-state index is -0.0964. The molecule has 2 aromatic rings. The lowest BCUT2D eigenvalue weighted by atomic mass is 10.0. The molecule has 0 radical (unpaired) electrons. The summed E-state index contributed by atoms with van der Waals surface area (Å²) in [6, 6.07) is 5.86. The van der Waals surface area contributed by atoms with E-state index in [4.69, 9.17) is 0 Å². The van der Waals surface area contributed by atoms with E-state index in [1.165, 1.54) is 4.88 Å². The molecule has 2 aromatic heterocycles. The molecule has 0 aliphatic carbocycles. The van der Waals surface area contributed by atoms with Crippen molar-refractivity contribution in [1.82, 2.24) is 10.3 Å². The van der Waals surface area contributed by atoms with Crippen LogP contribution in [0.3, 0.4) is 0 Å². The van der Waals surface area contributed by atoms with E-state index in [1.807, 2.05) is 11.4 Å². The van der Waals surface area contributed by atoms with E-state index in [0.29, 0.717) is 11.5 Å². The molecule has 0 bridgehead atoms. The highest BCUT2D eigenvalue weighted by atomic mass is 79.9. The van der Waals surface area contributed by atoms with Crippen molar-refractivity contribution in [3.05, 3.63) is 50.9 Å². The van der Waals surface area contributed by atoms with Gasteiger partial charge in [-0.05, 0) is 39.4 Å². The summed E-state index contributed by atoms with van der Waals surface area (Å²) in [5.74, 6) is 0.239. The normalized spacial score (nSPS) is 12.4. The minimum absolute atomic E-state index is 0.0338. The highest BCUT2D eigenvalue weighted by Crippen LogP contribution is 2.26. The van der Waals surface area contributed by atoms with Gasteiger partial charge in [-0.3, -0.25) is 9.78 Å². The molecule has 1 amide bonds. The van der Waals surface area contributed by atoms with E-state index in [-0.39, 0.29) is 11.9 Å². The zero-order chi connectivity index (χ0) is 13.8. The Morgan fingerprint density at radius 1 is 1.42 bits per heavy atom. The Morgan fingerprint density at radius 2 is 2.21 bits per heavy atom. The van der Waals surface area contributed by atoms with Crippen molar-refractivity contribution in [3.63, 3.8) is 0 Å². The van der Waals surface area contributed by atoms with Gasteiger partial charge in [-0.25, -0.2) is 0 Å². The van der Waals surface area contributed by atoms with E-state index in [9.17, 15) is 4.79 Å². The zero-order valence-electron chi connectivity index (χ0n) is 10.8. The Hall–Kier alpha value is -1.20. The summed E-state index contributed by atoms with van der Waals surface area (Å²) in [5.41, 5.74) is 0.566. The van der Waals surface area contributed by atoms with Crippen molar-refractivity contribution in [2.45, 2.75) is 19.9 Å². The Bertz CT molecular complexity index is 554. The van der Waals surface area contributed by atoms with Gasteiger partial charge in [-0.1, -0.05) is 19.9 Å². The number of thiophene rings is 1. The highest BCUT2D eigenvalue weighted by molar-refractivity contribution is 9.10. The van der Waals surface area contributed by atoms with Gasteiger partial charge in [0.05, 0.1) is 11.6 Å². The molecule has 0 saturated carbocycles. The van der Waals surface area contributed by atoms with Crippen molar-refractivity contribution < 1.29 is 4.79 Å². The topological polar surface area (TPSA) is 42.0 Å². The van der Waals surface area contributed by atoms with Gasteiger partial charge in [0, 0.05) is 21.7 Å². The molecule has 0 fully saturated rings. The lowest BCUT2D eigenvalue weighted by Crippen LogP contribution is -2.31. The molecule has 0 saturated heterocycles. The van der Waals surface area contributed by atoms with Crippen LogP contribution in [0.15, 0.2) is 40.4 Å². The molecular formula is C14H15BrN2OS. The summed E-state index contributed by atoms with van der Waals surface area (Å²) in [4.78, 5) is 17.4. The second-order valence-corrected chi connectivity index (χ2v) is 6.50. The van der Waals surface area contributed by atoms with Crippen LogP contribution in [-0.4, -0.2) is 10.9 Å². The zero-order valence-corrected chi connectivity index (χ0v) is 13.2. The molecule has 0 aromatic carbocycles. The number of hydrogen-bond donors (Lipinski definition) is 1. The predicted octanol–water partition coefficient (Wildman–Crippen LogP) is 4.03. The van der Waals surface area contributed by atoms with Gasteiger partial charge in [0.1, 0.15) is 0 Å². The fraction of sp³-hybridized carbons (Fsp3) is 0.286. The lowest BCUT2D eigenvalue weighted by Gasteiger charge is -2.21. The maximum absolute atomic E-state index is 12.2. The van der Waals surface area contributed by atoms with Gasteiger partial charge in [0.2, 0.25) is 0 Å². The minimum Gasteiger partial charge on any atom is -0.344 e. The van der Waals surface area contributed by atoms with Crippen LogP contribution < -0.4 is 5.32 Å². The molecule has 19 heavy (non-hydrogen) atoms. The van der Waals surface area contributed by atoms with Crippen molar-refractivity contribution in [3.8, 4) is 0 Å². The number of hydrogen-bond acceptors (Lipinski definition) is 3. The molecule has 0 spiro atoms. The summed E-state index contributed by atoms with van der Waals surface area (Å²) in [6.45, 7) is 4.20. The first-order chi connectivity index (χ1) is 9.08. The predicted molar refractivity (Wildman–Crippen MR) is 81.3 cm³/mol. The van der Waals surface area contributed by atoms with Crippen LogP contribution in [0.5, 0.6) is 0 Å². The van der Waals surface area contributed by atoms with Crippen molar-refractivity contribution in [1.29, 1.82) is 0 Å². The summed E-state index contributed by atoms with van der Waals surface area (Å²) in [7, 11) is 0. The first-order valence-corrected chi connectivity index (χ1v) is 7.70. The Balaban J connectivity index is 2.16. The average Bonchev–Trinajstić information content (AvgIpc) is 2.88. The fourth-order valence-corrected chi connectivity index (χ4v) is 3.11. The average molecular weight is 339 g/mol. The first-order valence-electron chi connectivity index (χ1n) is 6.02. The van der Waals surface area contributed by atoms with Gasteiger partial charge in [0.15, 0.2) is 0 Å². The van der Waals surface area contributed by atoms with Gasteiger partial charge < -0.3 is 5.32 Å². The summed E-state index contributed by atoms with van der Waals surface area (Å²) in [6.07, 6.45) is 3.24. The molecule has 2 heterocycles. The van der Waals surface area contributed by atoms with E-state index in [0.717, 1.165) is 4.47 Å². The molecule has 5 heteroatoms. The quantitative estimate of drug-likeness (QED) is 0.914. The number of halogens is 1. The standard InChI is InChI=1S/C14H15BrN2OS/c1-9(2)13(12-4-3-5-19-12)17-14(18)10-6-11(15)8-16-7-10/h3-9,13H,1-2H3,(H,17,18). The largest absolute Gasteiger partial charge is 0.344 e. The van der Waals surface area contributed by atoms with E-state index in [1.54, 1.807) is 29.8 Å². The second kappa shape index (κ2) is 6.30. The van der Waals surface area contributed by atoms with Gasteiger partial charge in [-0.15, -0.1) is 11.3 Å². The summed E-state index contributed by atoms with van der Waals surface area (Å²) < 4.78 is 0.803. The molecule has 1 atom stereocenters. The third-order valence-corrected chi connectivity index (χ3v) is 4.16. The number of nitrogens with one attached hydrogen (secondary N) is 1. The molecule has 1 unspecified atom stereocenters. The van der Waals surface area contributed by atoms with Crippen molar-refractivity contribution >= 4 is 33.2 Å². The number of aromatic nitrogens is 1. The number of amides is 1. The van der Waals surface area contributed by atoms with Gasteiger partial charge in [0.25, 0.3) is 5.91 Å². The molecule has 100 valence electrons. The number of carbonyl (C=O) groups excluding carboxylic acids is 1. The molecule has 1 N–H and O–H groups in total. The van der Waals surface area contributed by atoms with E-state index >= 15 is 0 Å². The summed E-state index contributed by atoms with van der Waals surface area (Å²) >= 11 is 4.98. The van der Waals surface area contributed by atoms with Crippen LogP contribution in [-0.2, 0) is 0 Å². The Morgan fingerprint density at radius 3 is 2.79 bits per heavy atom. The molecule has 0 aliphatic rings. The third kappa shape index (κ3) is 3.64. The molecular weight excluding hydrogens is 324 g/mol. The van der Waals surface area contributed by atoms with Crippen molar-refractivity contribution in [2.24, 2.45) is 5.92 Å². The monoisotopic (exact) mass is 338 g/mol. The maximum Gasteiger partial charge on any atom is 0.253 e. The van der Waals surface area contributed by atoms with Gasteiger partial charge >= 0.3 is 0 Å². The maximum atomic E-state index is 12.2. The van der Waals surface area contributed by atoms with E-state index in [2.05, 4.69) is 46.1 Å². The number of pyridine rings is 1. The third-order valence-electron chi connectivity index (χ3n) is 2.77. The van der Waals surface area contributed by atoms with Crippen LogP contribution in [0.25, 0.3) is 0 Å². The van der Waals surface area contributed by atoms with Gasteiger partial charge in [-0.2, -0.15) is 0 Å². The van der Waals surface area contributed by atoms with Crippen molar-refractivity contribution in [2.75, 3.05) is 0 Å². The smallest absolute Gasteiger partial charge is 0.253 e. The first kappa shape index (κ1) is 14.2. The van der Waals surface area contributed by atoms with Crippen LogP contribution in [0.1, 0.15) is 35.1 Å². The lowest BCUT2D eigenvalue weighted by molar-refractivity contribution is 0.0926. The number of rotatable bonds is 4. The van der Waals surface area contributed by atoms with E-state index < -0.39 is 0 Å². The van der Waals surface area contributed by atoms with Crippen LogP contribution in [0.4, 0.5) is 0 Å². The highest BCUT2D eigenvalue weighted by Gasteiger charge is 2.20. The molecule has 3 nitrogen and oxygen atoms in total. The number of carbonyl (C=O) groups is 1. The summed E-state index contributed by atoms with van der Waals surface area (Å²) in [5, 5.41) is 5.10. The Kier molecular flexibility index (Phi) is 4.71. The molecule has 0 aliphatic heterocycles. The van der Waals surface area contributed by atoms with Crippen LogP contribution >= 0.6 is 27.3 Å². The fourth-order valence-electron chi connectivity index (χ4n) is 1.80. The number of nitrogens with zero attached hydrogens (tertiary/aromatic N) is 1. The second-order valence-electron chi connectivity index (χ2n) is 4.60. The Labute approximate surface area is 125 Å². The van der Waals surface area contributed by atoms with Crippen LogP contribution in [0, 0.1) is 5.92 Å².